The predicted molar refractivity (Wildman–Crippen MR) is 83.7 cm³/mol. The lowest BCUT2D eigenvalue weighted by atomic mass is 10.1. The third-order valence-corrected chi connectivity index (χ3v) is 3.44. The number of ketones is 1. The van der Waals surface area contributed by atoms with E-state index in [9.17, 15) is 9.59 Å². The molecule has 0 aliphatic rings. The highest BCUT2D eigenvalue weighted by atomic mass is 16.1. The van der Waals surface area contributed by atoms with Gasteiger partial charge in [-0.2, -0.15) is 0 Å². The summed E-state index contributed by atoms with van der Waals surface area (Å²) in [4.78, 5) is 38.1. The lowest BCUT2D eigenvalue weighted by Crippen LogP contribution is -2.18. The second kappa shape index (κ2) is 5.84. The molecule has 3 aromatic heterocycles. The summed E-state index contributed by atoms with van der Waals surface area (Å²) >= 11 is 0. The Morgan fingerprint density at radius 2 is 2.09 bits per heavy atom. The van der Waals surface area contributed by atoms with Crippen molar-refractivity contribution in [1.82, 2.24) is 24.5 Å². The summed E-state index contributed by atoms with van der Waals surface area (Å²) in [6.45, 7) is 0. The van der Waals surface area contributed by atoms with E-state index >= 15 is 0 Å². The summed E-state index contributed by atoms with van der Waals surface area (Å²) in [6.07, 6.45) is 6.08. The lowest BCUT2D eigenvalue weighted by Gasteiger charge is -2.09. The van der Waals surface area contributed by atoms with Crippen LogP contribution in [0.2, 0.25) is 0 Å². The number of nitrogens with two attached hydrogens (primary N) is 1. The molecule has 0 aliphatic heterocycles. The van der Waals surface area contributed by atoms with Gasteiger partial charge in [-0.25, -0.2) is 19.7 Å². The maximum Gasteiger partial charge on any atom is 0.345 e. The maximum absolute atomic E-state index is 12.4. The largest absolute Gasteiger partial charge is 0.382 e. The van der Waals surface area contributed by atoms with E-state index < -0.39 is 5.69 Å². The fraction of sp³-hybridized carbons (Fsp3) is 0.133. The van der Waals surface area contributed by atoms with Crippen molar-refractivity contribution < 1.29 is 4.79 Å². The molecular weight excluding hydrogens is 296 g/mol. The molecule has 3 N–H and O–H groups in total. The van der Waals surface area contributed by atoms with Crippen LogP contribution >= 0.6 is 0 Å². The highest BCUT2D eigenvalue weighted by Gasteiger charge is 2.17. The molecule has 3 aromatic rings. The Bertz CT molecular complexity index is 927. The standard InChI is InChI=1S/C15H14N6O2/c1-21-6-2-3-11(21)9-8-19-15(23)20-10(9)7-12(22)13-14(16)18-5-4-17-13/h2-6,8H,7H2,1H3,(H2,16,18)(H,19,20,23). The van der Waals surface area contributed by atoms with Gasteiger partial charge < -0.3 is 15.3 Å². The lowest BCUT2D eigenvalue weighted by molar-refractivity contribution is 0.0988. The van der Waals surface area contributed by atoms with Gasteiger partial charge in [-0.05, 0) is 12.1 Å². The van der Waals surface area contributed by atoms with E-state index in [4.69, 9.17) is 5.73 Å². The minimum Gasteiger partial charge on any atom is -0.382 e. The SMILES string of the molecule is Cn1cccc1-c1cnc(=O)[nH]c1CC(=O)c1nccnc1N. The molecule has 0 amide bonds. The van der Waals surface area contributed by atoms with E-state index in [1.165, 1.54) is 18.6 Å². The maximum atomic E-state index is 12.4. The van der Waals surface area contributed by atoms with Crippen molar-refractivity contribution in [2.45, 2.75) is 6.42 Å². The van der Waals surface area contributed by atoms with E-state index in [2.05, 4.69) is 19.9 Å². The number of hydrogen-bond donors (Lipinski definition) is 2. The van der Waals surface area contributed by atoms with Crippen LogP contribution in [-0.4, -0.2) is 30.3 Å². The first kappa shape index (κ1) is 14.6. The van der Waals surface area contributed by atoms with Gasteiger partial charge in [0.1, 0.15) is 5.69 Å². The highest BCUT2D eigenvalue weighted by Crippen LogP contribution is 2.22. The molecule has 8 heteroatoms. The molecule has 0 bridgehead atoms. The van der Waals surface area contributed by atoms with Gasteiger partial charge in [-0.3, -0.25) is 4.79 Å². The van der Waals surface area contributed by atoms with Crippen LogP contribution < -0.4 is 11.4 Å². The Hall–Kier alpha value is -3.29. The smallest absolute Gasteiger partial charge is 0.345 e. The Balaban J connectivity index is 2.02. The van der Waals surface area contributed by atoms with Crippen LogP contribution in [0, 0.1) is 0 Å². The molecule has 0 atom stereocenters. The van der Waals surface area contributed by atoms with E-state index in [1.54, 1.807) is 0 Å². The van der Waals surface area contributed by atoms with Gasteiger partial charge in [0.2, 0.25) is 0 Å². The van der Waals surface area contributed by atoms with Gasteiger partial charge in [-0.15, -0.1) is 0 Å². The number of nitrogen functional groups attached to an aromatic ring is 1. The molecule has 3 rings (SSSR count). The van der Waals surface area contributed by atoms with Gasteiger partial charge >= 0.3 is 5.69 Å². The molecule has 0 aromatic carbocycles. The van der Waals surface area contributed by atoms with Crippen LogP contribution in [0.15, 0.2) is 41.7 Å². The predicted octanol–water partition coefficient (Wildman–Crippen LogP) is 0.573. The molecule has 3 heterocycles. The number of nitrogens with one attached hydrogen (secondary N) is 1. The molecule has 0 fully saturated rings. The van der Waals surface area contributed by atoms with Crippen LogP contribution in [0.4, 0.5) is 5.82 Å². The normalized spacial score (nSPS) is 10.7. The van der Waals surface area contributed by atoms with Crippen LogP contribution in [0.5, 0.6) is 0 Å². The molecule has 0 radical (unpaired) electrons. The van der Waals surface area contributed by atoms with Gasteiger partial charge in [-0.1, -0.05) is 0 Å². The first-order valence-corrected chi connectivity index (χ1v) is 6.86. The quantitative estimate of drug-likeness (QED) is 0.680. The third-order valence-electron chi connectivity index (χ3n) is 3.44. The van der Waals surface area contributed by atoms with Gasteiger partial charge in [0, 0.05) is 43.1 Å². The zero-order valence-electron chi connectivity index (χ0n) is 12.4. The molecule has 23 heavy (non-hydrogen) atoms. The Labute approximate surface area is 131 Å². The molecule has 8 nitrogen and oxygen atoms in total. The summed E-state index contributed by atoms with van der Waals surface area (Å²) < 4.78 is 1.87. The molecule has 0 unspecified atom stereocenters. The molecule has 0 spiro atoms. The van der Waals surface area contributed by atoms with Gasteiger partial charge in [0.05, 0.1) is 12.1 Å². The summed E-state index contributed by atoms with van der Waals surface area (Å²) in [5, 5.41) is 0. The second-order valence-electron chi connectivity index (χ2n) is 4.98. The van der Waals surface area contributed by atoms with E-state index in [0.29, 0.717) is 11.3 Å². The van der Waals surface area contributed by atoms with Crippen molar-refractivity contribution in [1.29, 1.82) is 0 Å². The topological polar surface area (TPSA) is 120 Å². The third kappa shape index (κ3) is 2.86. The van der Waals surface area contributed by atoms with Gasteiger partial charge in [0.25, 0.3) is 0 Å². The van der Waals surface area contributed by atoms with Crippen molar-refractivity contribution in [3.8, 4) is 11.3 Å². The zero-order chi connectivity index (χ0) is 16.4. The van der Waals surface area contributed by atoms with Crippen molar-refractivity contribution in [2.75, 3.05) is 5.73 Å². The fourth-order valence-corrected chi connectivity index (χ4v) is 2.34. The van der Waals surface area contributed by atoms with Crippen molar-refractivity contribution in [2.24, 2.45) is 7.05 Å². The second-order valence-corrected chi connectivity index (χ2v) is 4.98. The first-order valence-electron chi connectivity index (χ1n) is 6.86. The Morgan fingerprint density at radius 3 is 2.78 bits per heavy atom. The fourth-order valence-electron chi connectivity index (χ4n) is 2.34. The molecule has 0 aliphatic carbocycles. The molecular formula is C15H14N6O2. The number of H-pyrrole nitrogens is 1. The number of carbonyl (C=O) groups excluding carboxylic acids is 1. The summed E-state index contributed by atoms with van der Waals surface area (Å²) in [6, 6.07) is 3.74. The Morgan fingerprint density at radius 1 is 1.30 bits per heavy atom. The van der Waals surface area contributed by atoms with Crippen LogP contribution in [0.1, 0.15) is 16.2 Å². The number of aromatic nitrogens is 5. The number of hydrogen-bond acceptors (Lipinski definition) is 6. The van der Waals surface area contributed by atoms with E-state index in [0.717, 1.165) is 5.69 Å². The van der Waals surface area contributed by atoms with Crippen LogP contribution in [-0.2, 0) is 13.5 Å². The number of Topliss-reactive ketones (excluding diaryl/α,β-unsaturated/α-hetero) is 1. The van der Waals surface area contributed by atoms with Crippen LogP contribution in [0.25, 0.3) is 11.3 Å². The van der Waals surface area contributed by atoms with Crippen molar-refractivity contribution >= 4 is 11.6 Å². The zero-order valence-corrected chi connectivity index (χ0v) is 12.4. The van der Waals surface area contributed by atoms with Crippen molar-refractivity contribution in [3.63, 3.8) is 0 Å². The number of nitrogens with zero attached hydrogens (tertiary/aromatic N) is 4. The highest BCUT2D eigenvalue weighted by molar-refractivity contribution is 5.99. The van der Waals surface area contributed by atoms with E-state index in [-0.39, 0.29) is 23.7 Å². The molecule has 0 saturated heterocycles. The average Bonchev–Trinajstić information content (AvgIpc) is 2.94. The number of aryl methyl sites for hydroxylation is 1. The van der Waals surface area contributed by atoms with Gasteiger partial charge in [0.15, 0.2) is 11.6 Å². The monoisotopic (exact) mass is 310 g/mol. The van der Waals surface area contributed by atoms with E-state index in [1.807, 2.05) is 29.9 Å². The summed E-state index contributed by atoms with van der Waals surface area (Å²) in [5.41, 5.74) is 7.22. The number of carbonyl (C=O) groups is 1. The molecule has 0 saturated carbocycles. The van der Waals surface area contributed by atoms with Crippen LogP contribution in [0.3, 0.4) is 0 Å². The molecule has 116 valence electrons. The number of aromatic amines is 1. The minimum absolute atomic E-state index is 0.0544. The number of anilines is 1. The van der Waals surface area contributed by atoms with Crippen molar-refractivity contribution in [3.05, 3.63) is 58.8 Å². The summed E-state index contributed by atoms with van der Waals surface area (Å²) in [5.74, 6) is -0.262. The minimum atomic E-state index is -0.516. The summed E-state index contributed by atoms with van der Waals surface area (Å²) in [7, 11) is 1.87. The average molecular weight is 310 g/mol. The Kier molecular flexibility index (Phi) is 3.71. The number of rotatable bonds is 4. The first-order chi connectivity index (χ1) is 11.1.